The third-order valence-corrected chi connectivity index (χ3v) is 6.04. The Kier molecular flexibility index (Phi) is 4.59. The van der Waals surface area contributed by atoms with Crippen LogP contribution in [0.5, 0.6) is 5.75 Å². The Morgan fingerprint density at radius 2 is 1.61 bits per heavy atom. The maximum atomic E-state index is 13.4. The number of benzene rings is 3. The van der Waals surface area contributed by atoms with Crippen LogP contribution in [-0.4, -0.2) is 26.1 Å². The van der Waals surface area contributed by atoms with E-state index in [9.17, 15) is 9.90 Å². The zero-order chi connectivity index (χ0) is 21.5. The van der Waals surface area contributed by atoms with E-state index in [0.29, 0.717) is 23.5 Å². The monoisotopic (exact) mass is 409 g/mol. The van der Waals surface area contributed by atoms with Crippen LogP contribution in [0, 0.1) is 13.8 Å². The minimum absolute atomic E-state index is 0.0882. The normalized spacial score (nSPS) is 15.4. The Morgan fingerprint density at radius 1 is 0.968 bits per heavy atom. The van der Waals surface area contributed by atoms with Gasteiger partial charge in [-0.05, 0) is 48.2 Å². The smallest absolute Gasteiger partial charge is 0.273 e. The molecule has 0 radical (unpaired) electrons. The number of phenols is 1. The number of aromatic hydroxyl groups is 1. The molecule has 0 saturated carbocycles. The van der Waals surface area contributed by atoms with Crippen LogP contribution < -0.4 is 0 Å². The van der Waals surface area contributed by atoms with Gasteiger partial charge in [-0.25, -0.2) is 0 Å². The number of carbonyl (C=O) groups is 1. The van der Waals surface area contributed by atoms with E-state index in [1.807, 2.05) is 85.5 Å². The van der Waals surface area contributed by atoms with Crippen molar-refractivity contribution in [3.05, 3.63) is 106 Å². The van der Waals surface area contributed by atoms with Crippen molar-refractivity contribution in [3.8, 4) is 17.0 Å². The molecule has 2 heterocycles. The van der Waals surface area contributed by atoms with Crippen molar-refractivity contribution in [2.24, 2.45) is 0 Å². The minimum Gasteiger partial charge on any atom is -0.507 e. The van der Waals surface area contributed by atoms with E-state index in [2.05, 4.69) is 10.2 Å². The van der Waals surface area contributed by atoms with Crippen molar-refractivity contribution in [2.45, 2.75) is 26.4 Å². The highest BCUT2D eigenvalue weighted by Gasteiger charge is 2.42. The number of fused-ring (bicyclic) bond motifs is 1. The number of aromatic amines is 1. The second kappa shape index (κ2) is 7.43. The topological polar surface area (TPSA) is 69.2 Å². The maximum Gasteiger partial charge on any atom is 0.273 e. The number of carbonyl (C=O) groups excluding carboxylic acids is 1. The lowest BCUT2D eigenvalue weighted by molar-refractivity contribution is 0.0730. The number of aryl methyl sites for hydroxylation is 2. The zero-order valence-corrected chi connectivity index (χ0v) is 17.5. The molecule has 1 amide bonds. The zero-order valence-electron chi connectivity index (χ0n) is 17.5. The first kappa shape index (κ1) is 19.1. The Bertz CT molecular complexity index is 1260. The van der Waals surface area contributed by atoms with Crippen LogP contribution in [0.3, 0.4) is 0 Å². The van der Waals surface area contributed by atoms with Gasteiger partial charge in [-0.15, -0.1) is 0 Å². The molecular formula is C26H23N3O2. The lowest BCUT2D eigenvalue weighted by Gasteiger charge is -2.26. The van der Waals surface area contributed by atoms with Crippen molar-refractivity contribution in [1.82, 2.24) is 15.1 Å². The van der Waals surface area contributed by atoms with Crippen LogP contribution in [0.4, 0.5) is 0 Å². The summed E-state index contributed by atoms with van der Waals surface area (Å²) < 4.78 is 0. The molecule has 1 atom stereocenters. The molecule has 0 bridgehead atoms. The fourth-order valence-corrected chi connectivity index (χ4v) is 4.32. The Morgan fingerprint density at radius 3 is 2.32 bits per heavy atom. The Labute approximate surface area is 181 Å². The van der Waals surface area contributed by atoms with Gasteiger partial charge in [-0.1, -0.05) is 60.7 Å². The summed E-state index contributed by atoms with van der Waals surface area (Å²) in [5.41, 5.74) is 6.69. The number of rotatable bonds is 4. The molecule has 0 saturated heterocycles. The van der Waals surface area contributed by atoms with Crippen LogP contribution in [-0.2, 0) is 6.54 Å². The molecule has 1 unspecified atom stereocenters. The molecule has 3 aromatic carbocycles. The molecule has 0 aliphatic carbocycles. The van der Waals surface area contributed by atoms with Gasteiger partial charge in [0.1, 0.15) is 17.1 Å². The number of hydrogen-bond acceptors (Lipinski definition) is 3. The van der Waals surface area contributed by atoms with Gasteiger partial charge in [0.25, 0.3) is 5.91 Å². The van der Waals surface area contributed by atoms with E-state index in [-0.39, 0.29) is 17.7 Å². The van der Waals surface area contributed by atoms with E-state index in [1.165, 1.54) is 0 Å². The van der Waals surface area contributed by atoms with Crippen LogP contribution in [0.25, 0.3) is 11.3 Å². The number of nitrogens with one attached hydrogen (secondary N) is 1. The van der Waals surface area contributed by atoms with Crippen molar-refractivity contribution in [2.75, 3.05) is 0 Å². The standard InChI is InChI=1S/C26H23N3O2/c1-16-13-20(21(30)14-17(16)2)23-22-24(28-27-23)26(31)29(15-18-9-5-3-6-10-18)25(22)19-11-7-4-8-12-19/h3-14,25,30H,15H2,1-2H3,(H,27,28). The van der Waals surface area contributed by atoms with E-state index in [0.717, 1.165) is 27.8 Å². The highest BCUT2D eigenvalue weighted by molar-refractivity contribution is 6.00. The molecule has 1 aromatic heterocycles. The summed E-state index contributed by atoms with van der Waals surface area (Å²) in [6, 6.07) is 23.4. The predicted octanol–water partition coefficient (Wildman–Crippen LogP) is 5.14. The number of H-pyrrole nitrogens is 1. The lowest BCUT2D eigenvalue weighted by Crippen LogP contribution is -2.29. The van der Waals surface area contributed by atoms with Gasteiger partial charge >= 0.3 is 0 Å². The third kappa shape index (κ3) is 3.19. The fourth-order valence-electron chi connectivity index (χ4n) is 4.32. The summed E-state index contributed by atoms with van der Waals surface area (Å²) in [5, 5.41) is 18.1. The first-order chi connectivity index (χ1) is 15.0. The summed E-state index contributed by atoms with van der Waals surface area (Å²) in [7, 11) is 0. The van der Waals surface area contributed by atoms with Crippen LogP contribution in [0.15, 0.2) is 72.8 Å². The minimum atomic E-state index is -0.293. The van der Waals surface area contributed by atoms with Gasteiger partial charge in [0.2, 0.25) is 0 Å². The van der Waals surface area contributed by atoms with E-state index in [4.69, 9.17) is 0 Å². The highest BCUT2D eigenvalue weighted by Crippen LogP contribution is 2.45. The molecule has 4 aromatic rings. The van der Waals surface area contributed by atoms with Crippen LogP contribution in [0.1, 0.15) is 44.3 Å². The van der Waals surface area contributed by atoms with Crippen molar-refractivity contribution in [3.63, 3.8) is 0 Å². The van der Waals surface area contributed by atoms with Gasteiger partial charge in [-0.3, -0.25) is 9.89 Å². The summed E-state index contributed by atoms with van der Waals surface area (Å²) in [4.78, 5) is 15.3. The molecular weight excluding hydrogens is 386 g/mol. The molecule has 5 rings (SSSR count). The molecule has 1 aliphatic rings. The predicted molar refractivity (Wildman–Crippen MR) is 120 cm³/mol. The summed E-state index contributed by atoms with van der Waals surface area (Å²) in [5.74, 6) is 0.0768. The molecule has 0 spiro atoms. The van der Waals surface area contributed by atoms with Crippen molar-refractivity contribution in [1.29, 1.82) is 0 Å². The first-order valence-corrected chi connectivity index (χ1v) is 10.3. The first-order valence-electron chi connectivity index (χ1n) is 10.3. The third-order valence-electron chi connectivity index (χ3n) is 6.04. The molecule has 2 N–H and O–H groups in total. The van der Waals surface area contributed by atoms with Gasteiger partial charge in [0.15, 0.2) is 0 Å². The van der Waals surface area contributed by atoms with E-state index >= 15 is 0 Å². The van der Waals surface area contributed by atoms with Crippen LogP contribution >= 0.6 is 0 Å². The van der Waals surface area contributed by atoms with Gasteiger partial charge in [0, 0.05) is 17.7 Å². The molecule has 1 aliphatic heterocycles. The van der Waals surface area contributed by atoms with Crippen molar-refractivity contribution >= 4 is 5.91 Å². The maximum absolute atomic E-state index is 13.4. The number of hydrogen-bond donors (Lipinski definition) is 2. The number of amides is 1. The fraction of sp³-hybridized carbons (Fsp3) is 0.154. The van der Waals surface area contributed by atoms with Crippen LogP contribution in [0.2, 0.25) is 0 Å². The summed E-state index contributed by atoms with van der Waals surface area (Å²) in [6.07, 6.45) is 0. The second-order valence-electron chi connectivity index (χ2n) is 8.05. The largest absolute Gasteiger partial charge is 0.507 e. The van der Waals surface area contributed by atoms with E-state index in [1.54, 1.807) is 6.07 Å². The van der Waals surface area contributed by atoms with E-state index < -0.39 is 0 Å². The average Bonchev–Trinajstić information content (AvgIpc) is 3.31. The molecule has 5 nitrogen and oxygen atoms in total. The molecule has 5 heteroatoms. The Balaban J connectivity index is 1.68. The molecule has 31 heavy (non-hydrogen) atoms. The number of phenolic OH excluding ortho intramolecular Hbond substituents is 1. The highest BCUT2D eigenvalue weighted by atomic mass is 16.3. The quantitative estimate of drug-likeness (QED) is 0.490. The number of aromatic nitrogens is 2. The lowest BCUT2D eigenvalue weighted by atomic mass is 9.94. The number of nitrogens with zero attached hydrogens (tertiary/aromatic N) is 2. The average molecular weight is 409 g/mol. The summed E-state index contributed by atoms with van der Waals surface area (Å²) in [6.45, 7) is 4.46. The van der Waals surface area contributed by atoms with Gasteiger partial charge in [0.05, 0.1) is 6.04 Å². The SMILES string of the molecule is Cc1cc(O)c(-c2n[nH]c3c2C(c2ccccc2)N(Cc2ccccc2)C3=O)cc1C. The van der Waals surface area contributed by atoms with Crippen molar-refractivity contribution < 1.29 is 9.90 Å². The summed E-state index contributed by atoms with van der Waals surface area (Å²) >= 11 is 0. The Hall–Kier alpha value is -3.86. The van der Waals surface area contributed by atoms with Gasteiger partial charge < -0.3 is 10.0 Å². The molecule has 154 valence electrons. The van der Waals surface area contributed by atoms with Gasteiger partial charge in [-0.2, -0.15) is 5.10 Å². The molecule has 0 fully saturated rings. The second-order valence-corrected chi connectivity index (χ2v) is 8.05.